The zero-order chi connectivity index (χ0) is 15.6. The standard InChI is InChI=1S/C14H14F2N4O2/c15-14(16)4-1-10(7-14)13(21)18-8-11-19-12(20-22-11)9-2-5-17-6-3-9/h2-3,5-6,10H,1,4,7-8H2,(H,18,21)/t10-/m0/s1. The molecular formula is C14H14F2N4O2. The molecule has 0 radical (unpaired) electrons. The van der Waals surface area contributed by atoms with Crippen LogP contribution in [0.3, 0.4) is 0 Å². The summed E-state index contributed by atoms with van der Waals surface area (Å²) in [6.07, 6.45) is 2.77. The van der Waals surface area contributed by atoms with Gasteiger partial charge in [0.2, 0.25) is 23.5 Å². The third-order valence-electron chi connectivity index (χ3n) is 3.59. The van der Waals surface area contributed by atoms with Gasteiger partial charge in [-0.25, -0.2) is 8.78 Å². The summed E-state index contributed by atoms with van der Waals surface area (Å²) >= 11 is 0. The molecule has 0 aromatic carbocycles. The molecule has 0 spiro atoms. The van der Waals surface area contributed by atoms with Crippen LogP contribution in [-0.2, 0) is 11.3 Å². The number of amides is 1. The number of alkyl halides is 2. The summed E-state index contributed by atoms with van der Waals surface area (Å²) in [6.45, 7) is 0.0268. The van der Waals surface area contributed by atoms with Gasteiger partial charge in [0.25, 0.3) is 0 Å². The summed E-state index contributed by atoms with van der Waals surface area (Å²) < 4.78 is 31.2. The first kappa shape index (κ1) is 14.6. The fourth-order valence-electron chi connectivity index (χ4n) is 2.43. The predicted octanol–water partition coefficient (Wildman–Crippen LogP) is 2.18. The first-order valence-corrected chi connectivity index (χ1v) is 6.92. The van der Waals surface area contributed by atoms with Gasteiger partial charge in [-0.1, -0.05) is 5.16 Å². The highest BCUT2D eigenvalue weighted by Crippen LogP contribution is 2.38. The Labute approximate surface area is 124 Å². The SMILES string of the molecule is O=C(NCc1nc(-c2ccncc2)no1)[C@H]1CCC(F)(F)C1. The van der Waals surface area contributed by atoms with Crippen LogP contribution in [0.2, 0.25) is 0 Å². The Morgan fingerprint density at radius 3 is 2.86 bits per heavy atom. The quantitative estimate of drug-likeness (QED) is 0.936. The van der Waals surface area contributed by atoms with Crippen molar-refractivity contribution in [2.45, 2.75) is 31.7 Å². The van der Waals surface area contributed by atoms with E-state index < -0.39 is 24.2 Å². The first-order valence-electron chi connectivity index (χ1n) is 6.92. The Kier molecular flexibility index (Phi) is 3.82. The van der Waals surface area contributed by atoms with Crippen LogP contribution >= 0.6 is 0 Å². The van der Waals surface area contributed by atoms with E-state index in [1.807, 2.05) is 0 Å². The molecule has 8 heteroatoms. The Bertz CT molecular complexity index is 660. The van der Waals surface area contributed by atoms with Crippen molar-refractivity contribution in [3.8, 4) is 11.4 Å². The number of carbonyl (C=O) groups excluding carboxylic acids is 1. The fourth-order valence-corrected chi connectivity index (χ4v) is 2.43. The van der Waals surface area contributed by atoms with E-state index in [0.29, 0.717) is 5.82 Å². The Balaban J connectivity index is 1.56. The summed E-state index contributed by atoms with van der Waals surface area (Å²) in [5.41, 5.74) is 0.742. The van der Waals surface area contributed by atoms with E-state index in [1.54, 1.807) is 24.5 Å². The van der Waals surface area contributed by atoms with Crippen LogP contribution < -0.4 is 5.32 Å². The molecule has 22 heavy (non-hydrogen) atoms. The highest BCUT2D eigenvalue weighted by atomic mass is 19.3. The fraction of sp³-hybridized carbons (Fsp3) is 0.429. The number of carbonyl (C=O) groups is 1. The van der Waals surface area contributed by atoms with Crippen LogP contribution in [0.1, 0.15) is 25.2 Å². The lowest BCUT2D eigenvalue weighted by molar-refractivity contribution is -0.126. The molecule has 1 aliphatic rings. The Hall–Kier alpha value is -2.38. The minimum absolute atomic E-state index is 0.0268. The van der Waals surface area contributed by atoms with E-state index in [-0.39, 0.29) is 25.3 Å². The average Bonchev–Trinajstić information content (AvgIpc) is 3.12. The van der Waals surface area contributed by atoms with E-state index in [2.05, 4.69) is 20.4 Å². The lowest BCUT2D eigenvalue weighted by atomic mass is 10.1. The Morgan fingerprint density at radius 2 is 2.18 bits per heavy atom. The molecule has 116 valence electrons. The van der Waals surface area contributed by atoms with E-state index in [0.717, 1.165) is 5.56 Å². The van der Waals surface area contributed by atoms with Crippen LogP contribution in [0.25, 0.3) is 11.4 Å². The van der Waals surface area contributed by atoms with Crippen molar-refractivity contribution in [3.63, 3.8) is 0 Å². The van der Waals surface area contributed by atoms with E-state index >= 15 is 0 Å². The second-order valence-corrected chi connectivity index (χ2v) is 5.26. The molecule has 1 atom stereocenters. The smallest absolute Gasteiger partial charge is 0.248 e. The van der Waals surface area contributed by atoms with Gasteiger partial charge in [-0.05, 0) is 18.6 Å². The maximum absolute atomic E-state index is 13.1. The molecule has 1 aliphatic carbocycles. The first-order chi connectivity index (χ1) is 10.5. The minimum atomic E-state index is -2.74. The van der Waals surface area contributed by atoms with E-state index in [4.69, 9.17) is 4.52 Å². The number of rotatable bonds is 4. The third-order valence-corrected chi connectivity index (χ3v) is 3.59. The van der Waals surface area contributed by atoms with Crippen LogP contribution in [0.4, 0.5) is 8.78 Å². The molecule has 2 heterocycles. The number of hydrogen-bond donors (Lipinski definition) is 1. The number of halogens is 2. The number of hydrogen-bond acceptors (Lipinski definition) is 5. The van der Waals surface area contributed by atoms with Gasteiger partial charge in [-0.3, -0.25) is 9.78 Å². The minimum Gasteiger partial charge on any atom is -0.347 e. The van der Waals surface area contributed by atoms with Crippen molar-refractivity contribution in [2.24, 2.45) is 5.92 Å². The van der Waals surface area contributed by atoms with Gasteiger partial charge in [-0.15, -0.1) is 0 Å². The van der Waals surface area contributed by atoms with Gasteiger partial charge < -0.3 is 9.84 Å². The molecule has 0 bridgehead atoms. The van der Waals surface area contributed by atoms with Gasteiger partial charge in [0.05, 0.1) is 6.54 Å². The normalized spacial score (nSPS) is 20.0. The highest BCUT2D eigenvalue weighted by Gasteiger charge is 2.42. The van der Waals surface area contributed by atoms with Gasteiger partial charge in [0, 0.05) is 36.7 Å². The number of nitrogens with one attached hydrogen (secondary N) is 1. The number of nitrogens with zero attached hydrogens (tertiary/aromatic N) is 3. The third kappa shape index (κ3) is 3.26. The summed E-state index contributed by atoms with van der Waals surface area (Å²) in [7, 11) is 0. The van der Waals surface area contributed by atoms with E-state index in [1.165, 1.54) is 0 Å². The van der Waals surface area contributed by atoms with E-state index in [9.17, 15) is 13.6 Å². The van der Waals surface area contributed by atoms with Crippen molar-refractivity contribution < 1.29 is 18.1 Å². The summed E-state index contributed by atoms with van der Waals surface area (Å²) in [4.78, 5) is 19.9. The highest BCUT2D eigenvalue weighted by molar-refractivity contribution is 5.78. The van der Waals surface area contributed by atoms with Crippen molar-refractivity contribution in [2.75, 3.05) is 0 Å². The van der Waals surface area contributed by atoms with Crippen molar-refractivity contribution in [1.29, 1.82) is 0 Å². The lowest BCUT2D eigenvalue weighted by Gasteiger charge is -2.09. The topological polar surface area (TPSA) is 80.9 Å². The number of aromatic nitrogens is 3. The van der Waals surface area contributed by atoms with Gasteiger partial charge in [0.15, 0.2) is 0 Å². The summed E-state index contributed by atoms with van der Waals surface area (Å²) in [6, 6.07) is 3.46. The molecule has 1 fully saturated rings. The molecular weight excluding hydrogens is 294 g/mol. The maximum Gasteiger partial charge on any atom is 0.248 e. The van der Waals surface area contributed by atoms with Crippen LogP contribution in [0.5, 0.6) is 0 Å². The molecule has 1 saturated carbocycles. The van der Waals surface area contributed by atoms with Crippen LogP contribution in [0.15, 0.2) is 29.0 Å². The molecule has 2 aromatic rings. The van der Waals surface area contributed by atoms with Crippen LogP contribution in [0, 0.1) is 5.92 Å². The molecule has 2 aromatic heterocycles. The average molecular weight is 308 g/mol. The monoisotopic (exact) mass is 308 g/mol. The van der Waals surface area contributed by atoms with Gasteiger partial charge in [0.1, 0.15) is 0 Å². The second kappa shape index (κ2) is 5.78. The molecule has 1 amide bonds. The zero-order valence-corrected chi connectivity index (χ0v) is 11.6. The van der Waals surface area contributed by atoms with Gasteiger partial charge in [-0.2, -0.15) is 4.98 Å². The molecule has 1 N–H and O–H groups in total. The maximum atomic E-state index is 13.1. The van der Waals surface area contributed by atoms with Crippen LogP contribution in [-0.4, -0.2) is 27.0 Å². The molecule has 6 nitrogen and oxygen atoms in total. The molecule has 0 unspecified atom stereocenters. The summed E-state index contributed by atoms with van der Waals surface area (Å²) in [5, 5.41) is 6.36. The molecule has 0 aliphatic heterocycles. The molecule has 3 rings (SSSR count). The van der Waals surface area contributed by atoms with Gasteiger partial charge >= 0.3 is 0 Å². The van der Waals surface area contributed by atoms with Crippen molar-refractivity contribution in [3.05, 3.63) is 30.4 Å². The Morgan fingerprint density at radius 1 is 1.41 bits per heavy atom. The van der Waals surface area contributed by atoms with Crippen molar-refractivity contribution in [1.82, 2.24) is 20.4 Å². The largest absolute Gasteiger partial charge is 0.347 e. The second-order valence-electron chi connectivity index (χ2n) is 5.26. The molecule has 0 saturated heterocycles. The predicted molar refractivity (Wildman–Crippen MR) is 71.7 cm³/mol. The number of pyridine rings is 1. The lowest BCUT2D eigenvalue weighted by Crippen LogP contribution is -2.29. The zero-order valence-electron chi connectivity index (χ0n) is 11.6. The summed E-state index contributed by atoms with van der Waals surface area (Å²) in [5.74, 6) is -3.18. The van der Waals surface area contributed by atoms with Crippen molar-refractivity contribution >= 4 is 5.91 Å².